The lowest BCUT2D eigenvalue weighted by molar-refractivity contribution is -0.204. The maximum atomic E-state index is 12.6. The number of fused-ring (bicyclic) bond motifs is 4. The van der Waals surface area contributed by atoms with E-state index >= 15 is 0 Å². The van der Waals surface area contributed by atoms with Crippen LogP contribution >= 0.6 is 27.6 Å². The van der Waals surface area contributed by atoms with E-state index < -0.39 is 36.9 Å². The molecule has 5 rings (SSSR count). The van der Waals surface area contributed by atoms with Crippen molar-refractivity contribution in [2.45, 2.75) is 144 Å². The number of esters is 1. The third-order valence-corrected chi connectivity index (χ3v) is 24.1. The number of benzene rings is 1. The van der Waals surface area contributed by atoms with Gasteiger partial charge in [0.2, 0.25) is 0 Å². The first kappa shape index (κ1) is 72.8. The van der Waals surface area contributed by atoms with Gasteiger partial charge in [0.1, 0.15) is 47.9 Å². The molecule has 4 aliphatic carbocycles. The molecular weight excluding hydrogens is 1050 g/mol. The van der Waals surface area contributed by atoms with Crippen molar-refractivity contribution in [1.82, 2.24) is 0 Å². The van der Waals surface area contributed by atoms with E-state index in [9.17, 15) is 28.7 Å². The summed E-state index contributed by atoms with van der Waals surface area (Å²) in [4.78, 5) is 61.5. The van der Waals surface area contributed by atoms with Crippen LogP contribution in [0.25, 0.3) is 0 Å². The van der Waals surface area contributed by atoms with E-state index in [-0.39, 0.29) is 81.8 Å². The van der Waals surface area contributed by atoms with E-state index in [1.54, 1.807) is 18.4 Å². The zero-order valence-electron chi connectivity index (χ0n) is 44.2. The summed E-state index contributed by atoms with van der Waals surface area (Å²) in [5.74, 6) is 14.6. The highest BCUT2D eigenvalue weighted by molar-refractivity contribution is 7.97. The lowest BCUT2D eigenvalue weighted by Gasteiger charge is -2.39. The fraction of sp³-hybridized carbons (Fsp3) is 0.704. The van der Waals surface area contributed by atoms with Crippen molar-refractivity contribution in [2.75, 3.05) is 48.7 Å². The van der Waals surface area contributed by atoms with Crippen molar-refractivity contribution in [2.24, 2.45) is 45.3 Å². The van der Waals surface area contributed by atoms with Crippen LogP contribution in [0, 0.1) is 81.5 Å². The summed E-state index contributed by atoms with van der Waals surface area (Å²) in [5, 5.41) is 6.33. The molecule has 0 aliphatic heterocycles. The Labute approximate surface area is 462 Å². The Bertz CT molecular complexity index is 2090. The predicted molar refractivity (Wildman–Crippen MR) is 303 cm³/mol. The minimum atomic E-state index is -5.63. The third kappa shape index (κ3) is 18.2. The highest BCUT2D eigenvalue weighted by Crippen LogP contribution is 2.70. The van der Waals surface area contributed by atoms with Gasteiger partial charge < -0.3 is 60.6 Å². The minimum Gasteiger partial charge on any atom is -1.00 e. The van der Waals surface area contributed by atoms with Crippen molar-refractivity contribution in [1.29, 1.82) is 0 Å². The lowest BCUT2D eigenvalue weighted by Crippen LogP contribution is -3.00. The molecule has 4 fully saturated rings. The Morgan fingerprint density at radius 3 is 1.85 bits per heavy atom. The van der Waals surface area contributed by atoms with Gasteiger partial charge in [-0.2, -0.15) is 0 Å². The molecule has 0 aromatic heterocycles. The maximum Gasteiger partial charge on any atom is 0.370 e. The molecule has 0 heterocycles. The van der Waals surface area contributed by atoms with Crippen LogP contribution in [0.2, 0.25) is 0 Å². The Morgan fingerprint density at radius 1 is 0.863 bits per heavy atom. The highest BCUT2D eigenvalue weighted by atomic mass is 35.5. The number of halogens is 2. The topological polar surface area (TPSA) is 209 Å². The summed E-state index contributed by atoms with van der Waals surface area (Å²) in [5.41, 5.74) is 0.897. The summed E-state index contributed by atoms with van der Waals surface area (Å²) >= 11 is 0. The van der Waals surface area contributed by atoms with E-state index in [4.69, 9.17) is 40.1 Å². The largest absolute Gasteiger partial charge is 1.00 e. The van der Waals surface area contributed by atoms with E-state index in [1.807, 2.05) is 18.2 Å². The Morgan fingerprint density at radius 2 is 1.36 bits per heavy atom. The van der Waals surface area contributed by atoms with Crippen LogP contribution in [0.4, 0.5) is 0 Å². The molecule has 0 saturated heterocycles. The minimum absolute atomic E-state index is 0. The average Bonchev–Trinajstić information content (AvgIpc) is 3.80. The highest BCUT2D eigenvalue weighted by Gasteiger charge is 2.68. The quantitative estimate of drug-likeness (QED) is 0.0174. The van der Waals surface area contributed by atoms with Crippen molar-refractivity contribution < 1.29 is 79.0 Å². The first-order valence-corrected chi connectivity index (χ1v) is 31.4. The van der Waals surface area contributed by atoms with Crippen LogP contribution in [0.5, 0.6) is 5.75 Å². The fourth-order valence-corrected chi connectivity index (χ4v) is 18.4. The normalized spacial score (nSPS) is 27.5. The van der Waals surface area contributed by atoms with Gasteiger partial charge in [-0.3, -0.25) is 14.2 Å². The zero-order valence-corrected chi connectivity index (χ0v) is 49.2. The van der Waals surface area contributed by atoms with Crippen LogP contribution in [-0.2, 0) is 54.7 Å². The van der Waals surface area contributed by atoms with Crippen molar-refractivity contribution >= 4 is 61.8 Å². The molecular formula is C54H94Cl2O13P2S2. The molecule has 13 nitrogen and oxygen atoms in total. The number of carbonyl (C=O) groups excluding carboxylic acids is 2. The molecule has 424 valence electrons. The molecule has 0 radical (unpaired) electrons. The molecule has 4 N–H and O–H groups in total. The molecule has 4 bridgehead atoms. The van der Waals surface area contributed by atoms with E-state index in [2.05, 4.69) is 105 Å². The second-order valence-corrected chi connectivity index (χ2v) is 29.0. The molecule has 0 amide bonds. The molecule has 1 aromatic carbocycles. The number of para-hydroxylation sites is 1. The fourth-order valence-electron chi connectivity index (χ4n) is 11.6. The number of rotatable bonds is 22. The third-order valence-electron chi connectivity index (χ3n) is 16.2. The summed E-state index contributed by atoms with van der Waals surface area (Å²) < 4.78 is 44.6. The number of ether oxygens (including phenoxy) is 4. The monoisotopic (exact) mass is 1150 g/mol. The van der Waals surface area contributed by atoms with Gasteiger partial charge in [0, 0.05) is 52.6 Å². The first-order chi connectivity index (χ1) is 32.7. The molecule has 4 aliphatic rings. The van der Waals surface area contributed by atoms with Crippen LogP contribution < -0.4 is 22.0 Å². The second-order valence-electron chi connectivity index (χ2n) is 20.4. The summed E-state index contributed by atoms with van der Waals surface area (Å²) in [7, 11) is -11.6. The zero-order chi connectivity index (χ0) is 53.2. The predicted octanol–water partition coefficient (Wildman–Crippen LogP) is 7.10. The molecule has 12 atom stereocenters. The Kier molecular flexibility index (Phi) is 32.4. The molecule has 1 aromatic rings. The average molecular weight is 1150 g/mol. The number of aliphatic hydroxyl groups is 1. The van der Waals surface area contributed by atoms with Gasteiger partial charge in [0.15, 0.2) is 13.3 Å². The number of terminal acetylenes is 1. The summed E-state index contributed by atoms with van der Waals surface area (Å²) in [6, 6.07) is 9.02. The van der Waals surface area contributed by atoms with Gasteiger partial charge in [0.25, 0.3) is 11.6 Å². The van der Waals surface area contributed by atoms with E-state index in [0.29, 0.717) is 67.2 Å². The molecule has 4 saturated carbocycles. The Balaban J connectivity index is -0.000000327. The van der Waals surface area contributed by atoms with Crippen LogP contribution in [0.1, 0.15) is 131 Å². The Hall–Kier alpha value is -2.28. The number of carbonyl (C=O) groups is 2. The van der Waals surface area contributed by atoms with Crippen LogP contribution in [0.15, 0.2) is 43.5 Å². The summed E-state index contributed by atoms with van der Waals surface area (Å²) in [6.45, 7) is 26.1. The summed E-state index contributed by atoms with van der Waals surface area (Å²) in [6.07, 6.45) is 21.7. The first-order valence-electron chi connectivity index (χ1n) is 24.3. The van der Waals surface area contributed by atoms with Crippen LogP contribution in [0.3, 0.4) is 0 Å². The smallest absolute Gasteiger partial charge is 0.370 e. The van der Waals surface area contributed by atoms with Gasteiger partial charge in [0.05, 0.1) is 19.1 Å². The molecule has 19 heteroatoms. The van der Waals surface area contributed by atoms with Gasteiger partial charge in [-0.05, 0) is 119 Å². The van der Waals surface area contributed by atoms with Crippen molar-refractivity contribution in [3.63, 3.8) is 0 Å². The van der Waals surface area contributed by atoms with Gasteiger partial charge >= 0.3 is 13.6 Å². The van der Waals surface area contributed by atoms with E-state index in [0.717, 1.165) is 43.1 Å². The molecule has 12 unspecified atom stereocenters. The number of hydrogen-bond acceptors (Lipinski definition) is 10. The maximum absolute atomic E-state index is 12.6. The second kappa shape index (κ2) is 32.5. The standard InChI is InChI=1S/C26H37O3S.C13H22O2.C12H20O8P2S.C2H4.CH4.2ClH.3H2/c1-7-9-10-11-17-28-18-13-20-30(6)19-12-14-23(27)29-24-21(8-2)22-15-16-26(24,5)25(22,3)4;1-5-9-10-6-7-13(4,12(10,2)3)11(9)15-8-14;1-23(9-5-8-20-11-6-3-2-4-7-11)10-12(13,21(14,15)16)22(17,18)19;1-2;;;;;;/h1,21-22,24H,8,12-16,18-20H2,2-6H3;8-11H,5-7H2,1-4H3;2-4,6-7,13H,5,8-10H2,1H3,(H3-,14,15,16,17,18,19);1-2H2;1H4;5*1H/q+1;;;;;;;;;/p-1. The van der Waals surface area contributed by atoms with Crippen molar-refractivity contribution in [3.8, 4) is 42.0 Å². The van der Waals surface area contributed by atoms with Gasteiger partial charge in [-0.1, -0.05) is 81.0 Å². The SMILES string of the molecule is C.C#CC#CC#COCCC[S+](C)CCCC(=O)OC1C(CC)C2CCC1(C)C2(C)C.C=C.CCC1C2CCC(C)(C1OC=O)C2(C)C.C[S+](CCCOc1ccccc1)CC(O)(P(=O)([O-])O)P(=O)(O)O.Cl.[Cl-].[HH].[HH].[HH]. The van der Waals surface area contributed by atoms with Crippen molar-refractivity contribution in [3.05, 3.63) is 43.5 Å². The van der Waals surface area contributed by atoms with Gasteiger partial charge in [-0.15, -0.1) is 32.0 Å². The van der Waals surface area contributed by atoms with Gasteiger partial charge in [-0.25, -0.2) is 0 Å². The molecule has 73 heavy (non-hydrogen) atoms. The van der Waals surface area contributed by atoms with Crippen LogP contribution in [-0.4, -0.2) is 98.3 Å². The van der Waals surface area contributed by atoms with E-state index in [1.165, 1.54) is 25.7 Å². The lowest BCUT2D eigenvalue weighted by atomic mass is 9.70. The number of hydrogen-bond donors (Lipinski definition) is 4. The molecule has 0 spiro atoms.